The van der Waals surface area contributed by atoms with E-state index in [2.05, 4.69) is 28.9 Å². The summed E-state index contributed by atoms with van der Waals surface area (Å²) in [6.45, 7) is 7.08. The Balaban J connectivity index is 1.90. The first kappa shape index (κ1) is 12.5. The van der Waals surface area contributed by atoms with E-state index in [9.17, 15) is 0 Å². The molecule has 1 aromatic heterocycles. The number of rotatable bonds is 4. The highest BCUT2D eigenvalue weighted by Gasteiger charge is 2.23. The number of piperidine rings is 1. The highest BCUT2D eigenvalue weighted by atomic mass is 16.5. The van der Waals surface area contributed by atoms with E-state index < -0.39 is 0 Å². The lowest BCUT2D eigenvalue weighted by molar-refractivity contribution is 0.142. The number of likely N-dealkylation sites (tertiary alicyclic amines) is 1. The summed E-state index contributed by atoms with van der Waals surface area (Å²) in [5.41, 5.74) is 6.01. The standard InChI is InChI=1S/C12H22N4O/c1-3-4-11-14-12(17-15-11)8-16-6-9(2)5-10(13)7-16/h9-10H,3-8,13H2,1-2H3. The number of aromatic nitrogens is 2. The van der Waals surface area contributed by atoms with Crippen LogP contribution in [0.25, 0.3) is 0 Å². The number of nitrogens with zero attached hydrogens (tertiary/aromatic N) is 3. The smallest absolute Gasteiger partial charge is 0.240 e. The van der Waals surface area contributed by atoms with E-state index in [1.807, 2.05) is 0 Å². The van der Waals surface area contributed by atoms with Crippen molar-refractivity contribution in [2.45, 2.75) is 45.7 Å². The first-order valence-electron chi connectivity index (χ1n) is 6.46. The number of aryl methyl sites for hydroxylation is 1. The zero-order valence-electron chi connectivity index (χ0n) is 10.7. The number of hydrogen-bond acceptors (Lipinski definition) is 5. The zero-order chi connectivity index (χ0) is 12.3. The molecule has 1 aliphatic heterocycles. The van der Waals surface area contributed by atoms with Gasteiger partial charge in [-0.3, -0.25) is 4.90 Å². The van der Waals surface area contributed by atoms with Gasteiger partial charge < -0.3 is 10.3 Å². The Kier molecular flexibility index (Phi) is 4.12. The Labute approximate surface area is 102 Å². The van der Waals surface area contributed by atoms with Crippen LogP contribution in [0.3, 0.4) is 0 Å². The SMILES string of the molecule is CCCc1noc(CN2CC(C)CC(N)C2)n1. The van der Waals surface area contributed by atoms with E-state index in [-0.39, 0.29) is 6.04 Å². The minimum atomic E-state index is 0.275. The summed E-state index contributed by atoms with van der Waals surface area (Å²) >= 11 is 0. The summed E-state index contributed by atoms with van der Waals surface area (Å²) in [7, 11) is 0. The average Bonchev–Trinajstić information content (AvgIpc) is 2.64. The zero-order valence-corrected chi connectivity index (χ0v) is 10.7. The summed E-state index contributed by atoms with van der Waals surface area (Å²) in [4.78, 5) is 6.69. The quantitative estimate of drug-likeness (QED) is 0.853. The molecule has 1 saturated heterocycles. The fourth-order valence-electron chi connectivity index (χ4n) is 2.51. The Bertz CT molecular complexity index is 342. The highest BCUT2D eigenvalue weighted by Crippen LogP contribution is 2.16. The van der Waals surface area contributed by atoms with Crippen LogP contribution in [0.1, 0.15) is 38.4 Å². The second-order valence-corrected chi connectivity index (χ2v) is 5.15. The number of hydrogen-bond donors (Lipinski definition) is 1. The number of nitrogens with two attached hydrogens (primary N) is 1. The van der Waals surface area contributed by atoms with Crippen LogP contribution in [0.5, 0.6) is 0 Å². The Morgan fingerprint density at radius 2 is 2.29 bits per heavy atom. The Morgan fingerprint density at radius 1 is 1.47 bits per heavy atom. The molecule has 1 aliphatic rings. The van der Waals surface area contributed by atoms with Gasteiger partial charge in [0.05, 0.1) is 6.54 Å². The molecule has 1 aromatic rings. The van der Waals surface area contributed by atoms with Crippen molar-refractivity contribution >= 4 is 0 Å². The molecule has 96 valence electrons. The van der Waals surface area contributed by atoms with Crippen molar-refractivity contribution in [3.63, 3.8) is 0 Å². The maximum absolute atomic E-state index is 6.01. The second-order valence-electron chi connectivity index (χ2n) is 5.15. The van der Waals surface area contributed by atoms with E-state index in [4.69, 9.17) is 10.3 Å². The summed E-state index contributed by atoms with van der Waals surface area (Å²) < 4.78 is 5.25. The molecule has 17 heavy (non-hydrogen) atoms. The molecule has 0 spiro atoms. The van der Waals surface area contributed by atoms with Gasteiger partial charge in [0, 0.05) is 25.6 Å². The molecule has 0 aromatic carbocycles. The lowest BCUT2D eigenvalue weighted by Crippen LogP contribution is -2.45. The maximum Gasteiger partial charge on any atom is 0.240 e. The maximum atomic E-state index is 6.01. The predicted molar refractivity (Wildman–Crippen MR) is 65.3 cm³/mol. The van der Waals surface area contributed by atoms with Crippen LogP contribution in [0, 0.1) is 5.92 Å². The normalized spacial score (nSPS) is 26.3. The molecule has 5 heteroatoms. The van der Waals surface area contributed by atoms with Crippen molar-refractivity contribution in [3.8, 4) is 0 Å². The van der Waals surface area contributed by atoms with Gasteiger partial charge in [-0.15, -0.1) is 0 Å². The van der Waals surface area contributed by atoms with Gasteiger partial charge in [-0.2, -0.15) is 4.98 Å². The largest absolute Gasteiger partial charge is 0.338 e. The van der Waals surface area contributed by atoms with Gasteiger partial charge in [-0.1, -0.05) is 19.0 Å². The van der Waals surface area contributed by atoms with E-state index in [0.29, 0.717) is 5.92 Å². The first-order chi connectivity index (χ1) is 8.17. The topological polar surface area (TPSA) is 68.2 Å². The predicted octanol–water partition coefficient (Wildman–Crippen LogP) is 1.19. The third kappa shape index (κ3) is 3.51. The van der Waals surface area contributed by atoms with Crippen LogP contribution >= 0.6 is 0 Å². The molecule has 0 aliphatic carbocycles. The molecule has 0 saturated carbocycles. The molecule has 2 heterocycles. The van der Waals surface area contributed by atoms with Crippen molar-refractivity contribution in [2.75, 3.05) is 13.1 Å². The molecular weight excluding hydrogens is 216 g/mol. The van der Waals surface area contributed by atoms with E-state index in [1.165, 1.54) is 0 Å². The first-order valence-corrected chi connectivity index (χ1v) is 6.46. The third-order valence-corrected chi connectivity index (χ3v) is 3.11. The van der Waals surface area contributed by atoms with E-state index in [0.717, 1.165) is 50.6 Å². The summed E-state index contributed by atoms with van der Waals surface area (Å²) in [5, 5.41) is 3.97. The van der Waals surface area contributed by atoms with Crippen molar-refractivity contribution in [2.24, 2.45) is 11.7 Å². The van der Waals surface area contributed by atoms with Gasteiger partial charge in [-0.25, -0.2) is 0 Å². The van der Waals surface area contributed by atoms with Gasteiger partial charge in [0.2, 0.25) is 5.89 Å². The second kappa shape index (κ2) is 5.60. The van der Waals surface area contributed by atoms with Crippen LogP contribution in [-0.2, 0) is 13.0 Å². The molecule has 2 rings (SSSR count). The fourth-order valence-corrected chi connectivity index (χ4v) is 2.51. The van der Waals surface area contributed by atoms with Gasteiger partial charge in [0.25, 0.3) is 0 Å². The summed E-state index contributed by atoms with van der Waals surface area (Å²) in [5.74, 6) is 2.18. The fraction of sp³-hybridized carbons (Fsp3) is 0.833. The van der Waals surface area contributed by atoms with Crippen molar-refractivity contribution < 1.29 is 4.52 Å². The van der Waals surface area contributed by atoms with Crippen LogP contribution in [-0.4, -0.2) is 34.2 Å². The van der Waals surface area contributed by atoms with Crippen LogP contribution < -0.4 is 5.73 Å². The van der Waals surface area contributed by atoms with Gasteiger partial charge >= 0.3 is 0 Å². The molecule has 2 atom stereocenters. The monoisotopic (exact) mass is 238 g/mol. The van der Waals surface area contributed by atoms with Crippen molar-refractivity contribution in [3.05, 3.63) is 11.7 Å². The van der Waals surface area contributed by atoms with Crippen LogP contribution in [0.2, 0.25) is 0 Å². The Hall–Kier alpha value is -0.940. The minimum Gasteiger partial charge on any atom is -0.338 e. The molecule has 2 N–H and O–H groups in total. The Morgan fingerprint density at radius 3 is 3.00 bits per heavy atom. The van der Waals surface area contributed by atoms with Crippen LogP contribution in [0.15, 0.2) is 4.52 Å². The lowest BCUT2D eigenvalue weighted by atomic mass is 9.97. The molecule has 1 fully saturated rings. The average molecular weight is 238 g/mol. The molecule has 0 radical (unpaired) electrons. The van der Waals surface area contributed by atoms with Crippen LogP contribution in [0.4, 0.5) is 0 Å². The molecule has 0 amide bonds. The van der Waals surface area contributed by atoms with Gasteiger partial charge in [0.15, 0.2) is 5.82 Å². The molecule has 2 unspecified atom stereocenters. The molecule has 0 bridgehead atoms. The molecular formula is C12H22N4O. The van der Waals surface area contributed by atoms with Gasteiger partial charge in [-0.05, 0) is 18.8 Å². The third-order valence-electron chi connectivity index (χ3n) is 3.11. The summed E-state index contributed by atoms with van der Waals surface area (Å²) in [6, 6.07) is 0.275. The molecule has 5 nitrogen and oxygen atoms in total. The van der Waals surface area contributed by atoms with Crippen molar-refractivity contribution in [1.29, 1.82) is 0 Å². The van der Waals surface area contributed by atoms with Crippen molar-refractivity contribution in [1.82, 2.24) is 15.0 Å². The lowest BCUT2D eigenvalue weighted by Gasteiger charge is -2.33. The van der Waals surface area contributed by atoms with Gasteiger partial charge in [0.1, 0.15) is 0 Å². The summed E-state index contributed by atoms with van der Waals surface area (Å²) in [6.07, 6.45) is 3.05. The van der Waals surface area contributed by atoms with E-state index >= 15 is 0 Å². The minimum absolute atomic E-state index is 0.275. The van der Waals surface area contributed by atoms with E-state index in [1.54, 1.807) is 0 Å². The highest BCUT2D eigenvalue weighted by molar-refractivity contribution is 4.88.